The Hall–Kier alpha value is -1.31. The van der Waals surface area contributed by atoms with Crippen LogP contribution >= 0.6 is 0 Å². The van der Waals surface area contributed by atoms with Crippen LogP contribution in [0.2, 0.25) is 0 Å². The van der Waals surface area contributed by atoms with Gasteiger partial charge in [0.15, 0.2) is 6.04 Å². The summed E-state index contributed by atoms with van der Waals surface area (Å²) >= 11 is 0. The highest BCUT2D eigenvalue weighted by Gasteiger charge is 2.51. The van der Waals surface area contributed by atoms with Crippen molar-refractivity contribution < 1.29 is 32.6 Å². The summed E-state index contributed by atoms with van der Waals surface area (Å²) in [4.78, 5) is 22.3. The van der Waals surface area contributed by atoms with Gasteiger partial charge in [-0.3, -0.25) is 4.79 Å². The number of rotatable bonds is 1. The SMILES string of the molecule is COC(=O)C1C(O)CCN1C(=O)C(F)(F)F. The Morgan fingerprint density at radius 1 is 1.44 bits per heavy atom. The monoisotopic (exact) mass is 241 g/mol. The number of hydrogen-bond acceptors (Lipinski definition) is 4. The van der Waals surface area contributed by atoms with Crippen molar-refractivity contribution in [3.63, 3.8) is 0 Å². The fraction of sp³-hybridized carbons (Fsp3) is 0.750. The predicted molar refractivity (Wildman–Crippen MR) is 44.2 cm³/mol. The van der Waals surface area contributed by atoms with E-state index in [4.69, 9.17) is 0 Å². The van der Waals surface area contributed by atoms with Crippen molar-refractivity contribution in [2.45, 2.75) is 24.7 Å². The summed E-state index contributed by atoms with van der Waals surface area (Å²) in [5.41, 5.74) is 0. The number of carbonyl (C=O) groups excluding carboxylic acids is 2. The van der Waals surface area contributed by atoms with Crippen LogP contribution in [0.1, 0.15) is 6.42 Å². The number of hydrogen-bond donors (Lipinski definition) is 1. The first-order valence-electron chi connectivity index (χ1n) is 4.42. The molecule has 1 heterocycles. The zero-order chi connectivity index (χ0) is 12.5. The lowest BCUT2D eigenvalue weighted by molar-refractivity contribution is -0.189. The van der Waals surface area contributed by atoms with Gasteiger partial charge in [-0.05, 0) is 6.42 Å². The van der Waals surface area contributed by atoms with Crippen molar-refractivity contribution >= 4 is 11.9 Å². The number of aliphatic hydroxyl groups is 1. The van der Waals surface area contributed by atoms with Gasteiger partial charge in [-0.2, -0.15) is 13.2 Å². The maximum atomic E-state index is 12.1. The Labute approximate surface area is 88.8 Å². The van der Waals surface area contributed by atoms with Crippen molar-refractivity contribution in [1.29, 1.82) is 0 Å². The number of aliphatic hydroxyl groups excluding tert-OH is 1. The van der Waals surface area contributed by atoms with E-state index in [1.807, 2.05) is 0 Å². The maximum absolute atomic E-state index is 12.1. The number of ether oxygens (including phenoxy) is 1. The van der Waals surface area contributed by atoms with E-state index in [1.54, 1.807) is 0 Å². The molecule has 2 unspecified atom stereocenters. The lowest BCUT2D eigenvalue weighted by Gasteiger charge is -2.24. The number of halogens is 3. The fourth-order valence-electron chi connectivity index (χ4n) is 1.57. The van der Waals surface area contributed by atoms with Crippen LogP contribution in [0.5, 0.6) is 0 Å². The molecule has 0 aromatic rings. The minimum atomic E-state index is -5.06. The summed E-state index contributed by atoms with van der Waals surface area (Å²) in [6, 6.07) is -1.57. The molecule has 1 fully saturated rings. The average Bonchev–Trinajstić information content (AvgIpc) is 2.56. The largest absolute Gasteiger partial charge is 0.471 e. The van der Waals surface area contributed by atoms with E-state index in [0.29, 0.717) is 0 Å². The molecule has 0 aromatic heterocycles. The third-order valence-corrected chi connectivity index (χ3v) is 2.31. The zero-order valence-corrected chi connectivity index (χ0v) is 8.32. The first-order chi connectivity index (χ1) is 7.29. The first kappa shape index (κ1) is 12.8. The topological polar surface area (TPSA) is 66.8 Å². The lowest BCUT2D eigenvalue weighted by Crippen LogP contribution is -2.50. The van der Waals surface area contributed by atoms with Crippen LogP contribution in [-0.4, -0.2) is 53.9 Å². The number of alkyl halides is 3. The molecule has 1 aliphatic heterocycles. The number of amides is 1. The maximum Gasteiger partial charge on any atom is 0.471 e. The predicted octanol–water partition coefficient (Wildman–Crippen LogP) is -0.317. The molecule has 1 rings (SSSR count). The second-order valence-electron chi connectivity index (χ2n) is 3.32. The van der Waals surface area contributed by atoms with Gasteiger partial charge in [0.1, 0.15) is 0 Å². The van der Waals surface area contributed by atoms with Crippen LogP contribution < -0.4 is 0 Å². The van der Waals surface area contributed by atoms with Crippen molar-refractivity contribution in [3.8, 4) is 0 Å². The molecule has 16 heavy (non-hydrogen) atoms. The van der Waals surface area contributed by atoms with Gasteiger partial charge in [-0.15, -0.1) is 0 Å². The molecule has 0 aliphatic carbocycles. The normalized spacial score (nSPS) is 25.7. The standard InChI is InChI=1S/C8H10F3NO4/c1-16-6(14)5-4(13)2-3-12(5)7(15)8(9,10)11/h4-5,13H,2-3H2,1H3. The third kappa shape index (κ3) is 2.26. The minimum Gasteiger partial charge on any atom is -0.467 e. The molecule has 5 nitrogen and oxygen atoms in total. The number of carbonyl (C=O) groups is 2. The smallest absolute Gasteiger partial charge is 0.467 e. The second-order valence-corrected chi connectivity index (χ2v) is 3.32. The van der Waals surface area contributed by atoms with Crippen LogP contribution in [0.4, 0.5) is 13.2 Å². The van der Waals surface area contributed by atoms with E-state index < -0.39 is 30.2 Å². The number of nitrogens with zero attached hydrogens (tertiary/aromatic N) is 1. The van der Waals surface area contributed by atoms with Crippen molar-refractivity contribution in [3.05, 3.63) is 0 Å². The van der Waals surface area contributed by atoms with E-state index in [1.165, 1.54) is 0 Å². The fourth-order valence-corrected chi connectivity index (χ4v) is 1.57. The summed E-state index contributed by atoms with van der Waals surface area (Å²) in [6.45, 7) is -0.320. The highest BCUT2D eigenvalue weighted by atomic mass is 19.4. The summed E-state index contributed by atoms with van der Waals surface area (Å²) in [5, 5.41) is 9.31. The summed E-state index contributed by atoms with van der Waals surface area (Å²) < 4.78 is 40.7. The molecule has 1 N–H and O–H groups in total. The van der Waals surface area contributed by atoms with Gasteiger partial charge in [-0.1, -0.05) is 0 Å². The Bertz CT molecular complexity index is 304. The molecular formula is C8H10F3NO4. The van der Waals surface area contributed by atoms with Crippen LogP contribution in [0.25, 0.3) is 0 Å². The van der Waals surface area contributed by atoms with E-state index in [2.05, 4.69) is 4.74 Å². The summed E-state index contributed by atoms with van der Waals surface area (Å²) in [6.07, 6.45) is -6.46. The molecule has 1 saturated heterocycles. The van der Waals surface area contributed by atoms with Gasteiger partial charge in [0.2, 0.25) is 0 Å². The molecule has 1 aliphatic rings. The molecule has 0 saturated carbocycles. The molecule has 1 amide bonds. The average molecular weight is 241 g/mol. The quantitative estimate of drug-likeness (QED) is 0.639. The van der Waals surface area contributed by atoms with Crippen molar-refractivity contribution in [2.24, 2.45) is 0 Å². The van der Waals surface area contributed by atoms with E-state index >= 15 is 0 Å². The Balaban J connectivity index is 2.88. The van der Waals surface area contributed by atoms with Crippen molar-refractivity contribution in [1.82, 2.24) is 4.90 Å². The molecule has 0 spiro atoms. The van der Waals surface area contributed by atoms with Crippen LogP contribution in [0, 0.1) is 0 Å². The third-order valence-electron chi connectivity index (χ3n) is 2.31. The van der Waals surface area contributed by atoms with Gasteiger partial charge in [-0.25, -0.2) is 4.79 Å². The Morgan fingerprint density at radius 2 is 2.00 bits per heavy atom. The summed E-state index contributed by atoms with van der Waals surface area (Å²) in [7, 11) is 0.976. The molecular weight excluding hydrogens is 231 g/mol. The second kappa shape index (κ2) is 4.28. The molecule has 0 bridgehead atoms. The molecule has 8 heteroatoms. The van der Waals surface area contributed by atoms with E-state index in [-0.39, 0.29) is 17.9 Å². The summed E-state index contributed by atoms with van der Waals surface area (Å²) in [5.74, 6) is -3.19. The lowest BCUT2D eigenvalue weighted by atomic mass is 10.2. The molecule has 2 atom stereocenters. The number of likely N-dealkylation sites (tertiary alicyclic amines) is 1. The molecule has 0 aromatic carbocycles. The van der Waals surface area contributed by atoms with Crippen LogP contribution in [0.3, 0.4) is 0 Å². The molecule has 0 radical (unpaired) electrons. The highest BCUT2D eigenvalue weighted by molar-refractivity contribution is 5.88. The first-order valence-corrected chi connectivity index (χ1v) is 4.42. The van der Waals surface area contributed by atoms with Gasteiger partial charge in [0.05, 0.1) is 13.2 Å². The van der Waals surface area contributed by atoms with Crippen molar-refractivity contribution in [2.75, 3.05) is 13.7 Å². The zero-order valence-electron chi connectivity index (χ0n) is 8.32. The minimum absolute atomic E-state index is 0.0818. The van der Waals surface area contributed by atoms with E-state index in [0.717, 1.165) is 7.11 Å². The highest BCUT2D eigenvalue weighted by Crippen LogP contribution is 2.26. The molecule has 92 valence electrons. The van der Waals surface area contributed by atoms with Crippen LogP contribution in [-0.2, 0) is 14.3 Å². The van der Waals surface area contributed by atoms with Crippen LogP contribution in [0.15, 0.2) is 0 Å². The number of methoxy groups -OCH3 is 1. The van der Waals surface area contributed by atoms with Gasteiger partial charge < -0.3 is 14.7 Å². The van der Waals surface area contributed by atoms with E-state index in [9.17, 15) is 27.9 Å². The number of esters is 1. The van der Waals surface area contributed by atoms with Gasteiger partial charge >= 0.3 is 18.1 Å². The Kier molecular flexibility index (Phi) is 3.41. The Morgan fingerprint density at radius 3 is 2.44 bits per heavy atom. The van der Waals surface area contributed by atoms with Gasteiger partial charge in [0, 0.05) is 6.54 Å². The van der Waals surface area contributed by atoms with Gasteiger partial charge in [0.25, 0.3) is 0 Å².